The van der Waals surface area contributed by atoms with Gasteiger partial charge in [-0.15, -0.1) is 0 Å². The molecule has 90 valence electrons. The van der Waals surface area contributed by atoms with E-state index in [1.807, 2.05) is 0 Å². The molecule has 4 nitrogen and oxygen atoms in total. The molecule has 0 aromatic heterocycles. The van der Waals surface area contributed by atoms with Crippen molar-refractivity contribution in [2.75, 3.05) is 13.1 Å². The number of likely N-dealkylation sites (tertiary alicyclic amines) is 1. The molecule has 0 amide bonds. The van der Waals surface area contributed by atoms with Crippen LogP contribution in [0.4, 0.5) is 0 Å². The van der Waals surface area contributed by atoms with E-state index in [9.17, 15) is 14.7 Å². The number of carbonyl (C=O) groups excluding carboxylic acids is 1. The Balaban J connectivity index is 2.21. The van der Waals surface area contributed by atoms with Crippen molar-refractivity contribution in [1.29, 1.82) is 0 Å². The molecule has 0 spiro atoms. The molecule has 1 saturated carbocycles. The molecule has 0 aromatic rings. The largest absolute Gasteiger partial charge is 0.481 e. The van der Waals surface area contributed by atoms with Crippen LogP contribution in [-0.2, 0) is 9.59 Å². The van der Waals surface area contributed by atoms with Gasteiger partial charge in [-0.3, -0.25) is 14.5 Å². The van der Waals surface area contributed by atoms with Gasteiger partial charge in [-0.1, -0.05) is 6.42 Å². The number of ketones is 1. The first-order chi connectivity index (χ1) is 7.55. The maximum Gasteiger partial charge on any atom is 0.311 e. The normalized spacial score (nSPS) is 36.6. The maximum atomic E-state index is 11.9. The number of piperidine rings is 1. The van der Waals surface area contributed by atoms with Crippen LogP contribution in [0.2, 0.25) is 0 Å². The first-order valence-corrected chi connectivity index (χ1v) is 6.06. The van der Waals surface area contributed by atoms with E-state index >= 15 is 0 Å². The molecule has 0 radical (unpaired) electrons. The molecule has 1 aliphatic carbocycles. The summed E-state index contributed by atoms with van der Waals surface area (Å²) in [5, 5.41) is 9.31. The van der Waals surface area contributed by atoms with Crippen LogP contribution in [0.15, 0.2) is 0 Å². The van der Waals surface area contributed by atoms with Crippen LogP contribution in [0, 0.1) is 5.41 Å². The Morgan fingerprint density at radius 3 is 2.56 bits per heavy atom. The fourth-order valence-corrected chi connectivity index (χ4v) is 3.02. The summed E-state index contributed by atoms with van der Waals surface area (Å²) in [6.45, 7) is 3.47. The van der Waals surface area contributed by atoms with E-state index in [1.54, 1.807) is 6.92 Å². The molecule has 0 aromatic carbocycles. The topological polar surface area (TPSA) is 57.6 Å². The number of carboxylic acids is 1. The Hall–Kier alpha value is -0.900. The van der Waals surface area contributed by atoms with Gasteiger partial charge in [-0.05, 0) is 39.3 Å². The number of carboxylic acid groups (broad SMARTS) is 1. The van der Waals surface area contributed by atoms with Gasteiger partial charge in [-0.2, -0.15) is 0 Å². The molecule has 16 heavy (non-hydrogen) atoms. The number of Topliss-reactive ketones (excluding diaryl/α,β-unsaturated/α-hetero) is 1. The van der Waals surface area contributed by atoms with Gasteiger partial charge >= 0.3 is 5.97 Å². The van der Waals surface area contributed by atoms with Crippen LogP contribution in [0.25, 0.3) is 0 Å². The molecule has 0 bridgehead atoms. The van der Waals surface area contributed by atoms with Crippen LogP contribution in [0.5, 0.6) is 0 Å². The van der Waals surface area contributed by atoms with E-state index in [0.29, 0.717) is 12.8 Å². The molecule has 0 unspecified atom stereocenters. The third-order valence-corrected chi connectivity index (χ3v) is 4.04. The van der Waals surface area contributed by atoms with Gasteiger partial charge in [0.2, 0.25) is 0 Å². The predicted octanol–water partition coefficient (Wildman–Crippen LogP) is 1.29. The average molecular weight is 225 g/mol. The number of hydrogen-bond donors (Lipinski definition) is 1. The molecular formula is C12H19NO3. The molecule has 1 heterocycles. The molecule has 1 aliphatic heterocycles. The summed E-state index contributed by atoms with van der Waals surface area (Å²) in [6, 6.07) is -0.384. The van der Waals surface area contributed by atoms with Gasteiger partial charge < -0.3 is 5.11 Å². The number of hydrogen-bond acceptors (Lipinski definition) is 3. The molecule has 2 aliphatic rings. The summed E-state index contributed by atoms with van der Waals surface area (Å²) >= 11 is 0. The third kappa shape index (κ3) is 1.75. The van der Waals surface area contributed by atoms with Crippen LogP contribution < -0.4 is 0 Å². The van der Waals surface area contributed by atoms with Crippen LogP contribution in [0.1, 0.15) is 39.0 Å². The van der Waals surface area contributed by atoms with Gasteiger partial charge in [0.15, 0.2) is 5.78 Å². The maximum absolute atomic E-state index is 11.9. The minimum atomic E-state index is -0.867. The number of aliphatic carboxylic acids is 1. The second-order valence-corrected chi connectivity index (χ2v) is 5.19. The Morgan fingerprint density at radius 1 is 1.38 bits per heavy atom. The Kier molecular flexibility index (Phi) is 3.02. The summed E-state index contributed by atoms with van der Waals surface area (Å²) in [5.41, 5.74) is -0.867. The fraction of sp³-hybridized carbons (Fsp3) is 0.833. The van der Waals surface area contributed by atoms with Gasteiger partial charge in [0.25, 0.3) is 0 Å². The van der Waals surface area contributed by atoms with Crippen molar-refractivity contribution in [1.82, 2.24) is 4.90 Å². The van der Waals surface area contributed by atoms with Crippen molar-refractivity contribution in [3.8, 4) is 0 Å². The SMILES string of the molecule is C[C@@]1(C(=O)O)CCC(=O)[C@@H]1N1CCCCC1. The zero-order valence-electron chi connectivity index (χ0n) is 9.74. The average Bonchev–Trinajstić information content (AvgIpc) is 2.57. The van der Waals surface area contributed by atoms with Crippen molar-refractivity contribution in [3.63, 3.8) is 0 Å². The predicted molar refractivity (Wildman–Crippen MR) is 59.2 cm³/mol. The van der Waals surface area contributed by atoms with Crippen molar-refractivity contribution >= 4 is 11.8 Å². The highest BCUT2D eigenvalue weighted by Gasteiger charge is 2.52. The molecular weight excluding hydrogens is 206 g/mol. The molecule has 2 rings (SSSR count). The summed E-state index contributed by atoms with van der Waals surface area (Å²) in [6.07, 6.45) is 4.27. The highest BCUT2D eigenvalue weighted by Crippen LogP contribution is 2.40. The zero-order chi connectivity index (χ0) is 11.8. The Labute approximate surface area is 95.6 Å². The fourth-order valence-electron chi connectivity index (χ4n) is 3.02. The summed E-state index contributed by atoms with van der Waals surface area (Å²) in [7, 11) is 0. The Bertz CT molecular complexity index is 309. The van der Waals surface area contributed by atoms with E-state index in [-0.39, 0.29) is 11.8 Å². The van der Waals surface area contributed by atoms with E-state index in [0.717, 1.165) is 25.9 Å². The quantitative estimate of drug-likeness (QED) is 0.769. The molecule has 1 N–H and O–H groups in total. The standard InChI is InChI=1S/C12H19NO3/c1-12(11(15)16)6-5-9(14)10(12)13-7-3-2-4-8-13/h10H,2-8H2,1H3,(H,15,16)/t10-,12+/m0/s1. The minimum Gasteiger partial charge on any atom is -0.481 e. The Morgan fingerprint density at radius 2 is 2.00 bits per heavy atom. The van der Waals surface area contributed by atoms with Crippen LogP contribution >= 0.6 is 0 Å². The second-order valence-electron chi connectivity index (χ2n) is 5.19. The van der Waals surface area contributed by atoms with Crippen molar-refractivity contribution in [3.05, 3.63) is 0 Å². The first-order valence-electron chi connectivity index (χ1n) is 6.06. The smallest absolute Gasteiger partial charge is 0.311 e. The minimum absolute atomic E-state index is 0.117. The van der Waals surface area contributed by atoms with Gasteiger partial charge in [0, 0.05) is 6.42 Å². The highest BCUT2D eigenvalue weighted by atomic mass is 16.4. The van der Waals surface area contributed by atoms with Gasteiger partial charge in [0.1, 0.15) is 0 Å². The van der Waals surface area contributed by atoms with Crippen molar-refractivity contribution in [2.45, 2.75) is 45.1 Å². The lowest BCUT2D eigenvalue weighted by Crippen LogP contribution is -2.52. The van der Waals surface area contributed by atoms with E-state index < -0.39 is 11.4 Å². The lowest BCUT2D eigenvalue weighted by molar-refractivity contribution is -0.153. The van der Waals surface area contributed by atoms with E-state index in [1.165, 1.54) is 6.42 Å². The second kappa shape index (κ2) is 4.17. The van der Waals surface area contributed by atoms with Crippen molar-refractivity contribution in [2.24, 2.45) is 5.41 Å². The molecule has 2 atom stereocenters. The number of rotatable bonds is 2. The summed E-state index contributed by atoms with van der Waals surface area (Å²) < 4.78 is 0. The van der Waals surface area contributed by atoms with Gasteiger partial charge in [-0.25, -0.2) is 0 Å². The lowest BCUT2D eigenvalue weighted by atomic mass is 9.83. The monoisotopic (exact) mass is 225 g/mol. The van der Waals surface area contributed by atoms with Gasteiger partial charge in [0.05, 0.1) is 11.5 Å². The molecule has 1 saturated heterocycles. The summed E-state index contributed by atoms with van der Waals surface area (Å²) in [4.78, 5) is 25.3. The number of carbonyl (C=O) groups is 2. The first kappa shape index (κ1) is 11.6. The van der Waals surface area contributed by atoms with Crippen molar-refractivity contribution < 1.29 is 14.7 Å². The zero-order valence-corrected chi connectivity index (χ0v) is 9.74. The summed E-state index contributed by atoms with van der Waals surface area (Å²) in [5.74, 6) is -0.708. The van der Waals surface area contributed by atoms with Crippen LogP contribution in [-0.4, -0.2) is 40.9 Å². The number of nitrogens with zero attached hydrogens (tertiary/aromatic N) is 1. The van der Waals surface area contributed by atoms with E-state index in [2.05, 4.69) is 4.90 Å². The van der Waals surface area contributed by atoms with E-state index in [4.69, 9.17) is 0 Å². The molecule has 4 heteroatoms. The van der Waals surface area contributed by atoms with Crippen LogP contribution in [0.3, 0.4) is 0 Å². The molecule has 2 fully saturated rings. The lowest BCUT2D eigenvalue weighted by Gasteiger charge is -2.37. The third-order valence-electron chi connectivity index (χ3n) is 4.04. The highest BCUT2D eigenvalue weighted by molar-refractivity contribution is 5.94.